The molecule has 0 saturated heterocycles. The predicted molar refractivity (Wildman–Crippen MR) is 63.7 cm³/mol. The Balaban J connectivity index is 2.99. The molecule has 0 aliphatic carbocycles. The van der Waals surface area contributed by atoms with E-state index in [-0.39, 0.29) is 10.5 Å². The van der Waals surface area contributed by atoms with Gasteiger partial charge in [-0.15, -0.1) is 0 Å². The second kappa shape index (κ2) is 3.91. The van der Waals surface area contributed by atoms with Crippen LogP contribution in [0, 0.1) is 12.7 Å². The van der Waals surface area contributed by atoms with Gasteiger partial charge in [0.2, 0.25) is 0 Å². The third-order valence-corrected chi connectivity index (χ3v) is 3.01. The predicted octanol–water partition coefficient (Wildman–Crippen LogP) is 3.19. The van der Waals surface area contributed by atoms with Gasteiger partial charge in [-0.1, -0.05) is 18.5 Å². The monoisotopic (exact) mass is 239 g/mol. The highest BCUT2D eigenvalue weighted by atomic mass is 35.5. The zero-order chi connectivity index (χ0) is 11.9. The topological polar surface area (TPSA) is 32.9 Å². The van der Waals surface area contributed by atoms with Crippen LogP contribution >= 0.6 is 11.6 Å². The van der Waals surface area contributed by atoms with Crippen molar-refractivity contribution in [3.63, 3.8) is 0 Å². The molecule has 0 aliphatic heterocycles. The summed E-state index contributed by atoms with van der Waals surface area (Å²) in [6.45, 7) is 3.68. The molecule has 2 rings (SSSR count). The second-order valence-electron chi connectivity index (χ2n) is 3.72. The Kier molecular flexibility index (Phi) is 2.72. The normalized spacial score (nSPS) is 11.0. The van der Waals surface area contributed by atoms with Crippen molar-refractivity contribution in [1.82, 2.24) is 4.98 Å². The molecule has 1 N–H and O–H groups in total. The van der Waals surface area contributed by atoms with E-state index in [2.05, 4.69) is 4.98 Å². The van der Waals surface area contributed by atoms with Crippen LogP contribution in [0.2, 0.25) is 5.02 Å². The van der Waals surface area contributed by atoms with Crippen molar-refractivity contribution in [3.8, 4) is 0 Å². The smallest absolute Gasteiger partial charge is 0.194 e. The molecule has 0 radical (unpaired) electrons. The largest absolute Gasteiger partial charge is 0.358 e. The van der Waals surface area contributed by atoms with E-state index in [1.54, 1.807) is 6.92 Å². The van der Waals surface area contributed by atoms with Crippen LogP contribution in [0.25, 0.3) is 10.9 Å². The molecular weight excluding hydrogens is 229 g/mol. The minimum absolute atomic E-state index is 0.129. The van der Waals surface area contributed by atoms with Crippen molar-refractivity contribution in [2.24, 2.45) is 0 Å². The highest BCUT2D eigenvalue weighted by Gasteiger charge is 2.11. The number of nitrogens with one attached hydrogen (secondary N) is 1. The average molecular weight is 240 g/mol. The van der Waals surface area contributed by atoms with Gasteiger partial charge in [-0.2, -0.15) is 0 Å². The standard InChI is InChI=1S/C12H11ClFNO/c1-3-9-6(2)12(16)11-8(13)4-7(14)5-10(11)15-9/h4-5H,3H2,1-2H3,(H,15,16). The summed E-state index contributed by atoms with van der Waals surface area (Å²) < 4.78 is 13.2. The Hall–Kier alpha value is -1.35. The van der Waals surface area contributed by atoms with Crippen LogP contribution in [0.15, 0.2) is 16.9 Å². The summed E-state index contributed by atoms with van der Waals surface area (Å²) in [5.41, 5.74) is 1.79. The minimum Gasteiger partial charge on any atom is -0.358 e. The number of rotatable bonds is 1. The number of aryl methyl sites for hydroxylation is 1. The molecule has 0 fully saturated rings. The van der Waals surface area contributed by atoms with E-state index in [4.69, 9.17) is 11.6 Å². The van der Waals surface area contributed by atoms with Crippen molar-refractivity contribution >= 4 is 22.5 Å². The van der Waals surface area contributed by atoms with Gasteiger partial charge in [0, 0.05) is 11.3 Å². The number of fused-ring (bicyclic) bond motifs is 1. The van der Waals surface area contributed by atoms with E-state index in [1.807, 2.05) is 6.92 Å². The van der Waals surface area contributed by atoms with E-state index < -0.39 is 5.82 Å². The Labute approximate surface area is 97.1 Å². The maximum atomic E-state index is 13.2. The molecular formula is C12H11ClFNO. The maximum Gasteiger partial charge on any atom is 0.194 e. The zero-order valence-corrected chi connectivity index (χ0v) is 9.78. The summed E-state index contributed by atoms with van der Waals surface area (Å²) in [7, 11) is 0. The Morgan fingerprint density at radius 1 is 1.44 bits per heavy atom. The number of aromatic amines is 1. The van der Waals surface area contributed by atoms with Gasteiger partial charge in [0.25, 0.3) is 0 Å². The van der Waals surface area contributed by atoms with Gasteiger partial charge in [0.05, 0.1) is 15.9 Å². The van der Waals surface area contributed by atoms with Gasteiger partial charge in [-0.3, -0.25) is 4.79 Å². The highest BCUT2D eigenvalue weighted by Crippen LogP contribution is 2.22. The van der Waals surface area contributed by atoms with Gasteiger partial charge in [0.1, 0.15) is 5.82 Å². The molecule has 0 spiro atoms. The summed E-state index contributed by atoms with van der Waals surface area (Å²) in [5.74, 6) is -0.445. The molecule has 1 aromatic carbocycles. The van der Waals surface area contributed by atoms with Crippen molar-refractivity contribution in [1.29, 1.82) is 0 Å². The van der Waals surface area contributed by atoms with Crippen molar-refractivity contribution in [2.45, 2.75) is 20.3 Å². The summed E-state index contributed by atoms with van der Waals surface area (Å²) in [6.07, 6.45) is 0.700. The molecule has 0 bridgehead atoms. The van der Waals surface area contributed by atoms with E-state index in [1.165, 1.54) is 6.07 Å². The number of aromatic nitrogens is 1. The Morgan fingerprint density at radius 2 is 2.12 bits per heavy atom. The summed E-state index contributed by atoms with van der Waals surface area (Å²) >= 11 is 5.88. The van der Waals surface area contributed by atoms with E-state index >= 15 is 0 Å². The van der Waals surface area contributed by atoms with E-state index in [9.17, 15) is 9.18 Å². The van der Waals surface area contributed by atoms with E-state index in [0.29, 0.717) is 22.9 Å². The third-order valence-electron chi connectivity index (χ3n) is 2.71. The van der Waals surface area contributed by atoms with Crippen LogP contribution in [0.5, 0.6) is 0 Å². The molecule has 84 valence electrons. The van der Waals surface area contributed by atoms with Gasteiger partial charge in [0.15, 0.2) is 5.43 Å². The van der Waals surface area contributed by atoms with Crippen LogP contribution in [0.4, 0.5) is 4.39 Å². The van der Waals surface area contributed by atoms with Gasteiger partial charge >= 0.3 is 0 Å². The first-order valence-corrected chi connectivity index (χ1v) is 5.43. The maximum absolute atomic E-state index is 13.2. The third kappa shape index (κ3) is 1.61. The lowest BCUT2D eigenvalue weighted by Crippen LogP contribution is -2.11. The second-order valence-corrected chi connectivity index (χ2v) is 4.13. The summed E-state index contributed by atoms with van der Waals surface area (Å²) in [6, 6.07) is 2.45. The number of hydrogen-bond acceptors (Lipinski definition) is 1. The average Bonchev–Trinajstić information content (AvgIpc) is 2.22. The van der Waals surface area contributed by atoms with Crippen molar-refractivity contribution < 1.29 is 4.39 Å². The minimum atomic E-state index is -0.445. The molecule has 2 nitrogen and oxygen atoms in total. The SMILES string of the molecule is CCc1[nH]c2cc(F)cc(Cl)c2c(=O)c1C. The lowest BCUT2D eigenvalue weighted by Gasteiger charge is -2.07. The molecule has 4 heteroatoms. The number of halogens is 2. The lowest BCUT2D eigenvalue weighted by molar-refractivity contribution is 0.629. The van der Waals surface area contributed by atoms with Gasteiger partial charge in [-0.25, -0.2) is 4.39 Å². The van der Waals surface area contributed by atoms with Crippen LogP contribution in [0.3, 0.4) is 0 Å². The summed E-state index contributed by atoms with van der Waals surface area (Å²) in [4.78, 5) is 15.1. The van der Waals surface area contributed by atoms with Gasteiger partial charge in [-0.05, 0) is 25.5 Å². The first kappa shape index (κ1) is 11.1. The fraction of sp³-hybridized carbons (Fsp3) is 0.250. The van der Waals surface area contributed by atoms with Crippen LogP contribution < -0.4 is 5.43 Å². The fourth-order valence-corrected chi connectivity index (χ4v) is 2.13. The Bertz CT molecular complexity index is 618. The molecule has 2 aromatic rings. The Morgan fingerprint density at radius 3 is 2.75 bits per heavy atom. The van der Waals surface area contributed by atoms with Crippen LogP contribution in [0.1, 0.15) is 18.2 Å². The van der Waals surface area contributed by atoms with Crippen LogP contribution in [-0.2, 0) is 6.42 Å². The molecule has 0 atom stereocenters. The molecule has 0 amide bonds. The van der Waals surface area contributed by atoms with Crippen molar-refractivity contribution in [3.05, 3.63) is 44.5 Å². The highest BCUT2D eigenvalue weighted by molar-refractivity contribution is 6.35. The molecule has 0 unspecified atom stereocenters. The number of pyridine rings is 1. The number of benzene rings is 1. The van der Waals surface area contributed by atoms with Crippen molar-refractivity contribution in [2.75, 3.05) is 0 Å². The fourth-order valence-electron chi connectivity index (χ4n) is 1.84. The van der Waals surface area contributed by atoms with E-state index in [0.717, 1.165) is 11.8 Å². The molecule has 1 heterocycles. The van der Waals surface area contributed by atoms with Gasteiger partial charge < -0.3 is 4.98 Å². The quantitative estimate of drug-likeness (QED) is 0.815. The molecule has 0 saturated carbocycles. The lowest BCUT2D eigenvalue weighted by atomic mass is 10.1. The molecule has 1 aromatic heterocycles. The molecule has 0 aliphatic rings. The first-order valence-electron chi connectivity index (χ1n) is 5.05. The van der Waals surface area contributed by atoms with Crippen LogP contribution in [-0.4, -0.2) is 4.98 Å². The zero-order valence-electron chi connectivity index (χ0n) is 9.03. The summed E-state index contributed by atoms with van der Waals surface area (Å²) in [5, 5.41) is 0.514. The first-order chi connectivity index (χ1) is 7.54. The molecule has 16 heavy (non-hydrogen) atoms. The number of H-pyrrole nitrogens is 1. The number of hydrogen-bond donors (Lipinski definition) is 1.